The zero-order chi connectivity index (χ0) is 14.2. The lowest BCUT2D eigenvalue weighted by Crippen LogP contribution is -2.31. The number of ether oxygens (including phenoxy) is 2. The average Bonchev–Trinajstić information content (AvgIpc) is 2.52. The molecule has 2 unspecified atom stereocenters. The van der Waals surface area contributed by atoms with E-state index in [1.165, 1.54) is 25.7 Å². The van der Waals surface area contributed by atoms with Gasteiger partial charge in [0, 0.05) is 0 Å². The van der Waals surface area contributed by atoms with Crippen LogP contribution in [0.25, 0.3) is 0 Å². The van der Waals surface area contributed by atoms with Crippen molar-refractivity contribution in [1.82, 2.24) is 0 Å². The van der Waals surface area contributed by atoms with Crippen molar-refractivity contribution in [1.29, 1.82) is 5.26 Å². The monoisotopic (exact) mass is 273 g/mol. The van der Waals surface area contributed by atoms with E-state index in [9.17, 15) is 0 Å². The van der Waals surface area contributed by atoms with Gasteiger partial charge in [0.1, 0.15) is 6.10 Å². The second-order valence-electron chi connectivity index (χ2n) is 5.36. The highest BCUT2D eigenvalue weighted by Gasteiger charge is 2.23. The largest absolute Gasteiger partial charge is 0.373 e. The van der Waals surface area contributed by atoms with Crippen molar-refractivity contribution in [2.75, 3.05) is 13.2 Å². The van der Waals surface area contributed by atoms with Crippen molar-refractivity contribution in [3.05, 3.63) is 35.4 Å². The minimum Gasteiger partial charge on any atom is -0.373 e. The summed E-state index contributed by atoms with van der Waals surface area (Å²) in [6, 6.07) is 9.69. The van der Waals surface area contributed by atoms with E-state index < -0.39 is 0 Å². The van der Waals surface area contributed by atoms with E-state index in [1.807, 2.05) is 24.3 Å². The summed E-state index contributed by atoms with van der Waals surface area (Å²) in [5, 5.41) is 8.79. The van der Waals surface area contributed by atoms with Crippen molar-refractivity contribution in [2.45, 2.75) is 51.2 Å². The third kappa shape index (κ3) is 4.33. The summed E-state index contributed by atoms with van der Waals surface area (Å²) in [5.41, 5.74) is 1.77. The lowest BCUT2D eigenvalue weighted by Gasteiger charge is -2.30. The van der Waals surface area contributed by atoms with Crippen molar-refractivity contribution < 1.29 is 9.47 Å². The fourth-order valence-electron chi connectivity index (χ4n) is 2.47. The van der Waals surface area contributed by atoms with Crippen LogP contribution in [0.2, 0.25) is 0 Å². The molecule has 1 aromatic rings. The molecule has 1 aliphatic rings. The highest BCUT2D eigenvalue weighted by Crippen LogP contribution is 2.25. The molecular formula is C17H23NO2. The molecule has 0 aliphatic carbocycles. The average molecular weight is 273 g/mol. The van der Waals surface area contributed by atoms with E-state index in [-0.39, 0.29) is 12.2 Å². The van der Waals surface area contributed by atoms with Gasteiger partial charge in [-0.25, -0.2) is 0 Å². The Hall–Kier alpha value is -1.37. The molecule has 3 heteroatoms. The fraction of sp³-hybridized carbons (Fsp3) is 0.588. The normalized spacial score (nSPS) is 22.4. The van der Waals surface area contributed by atoms with Gasteiger partial charge in [-0.15, -0.1) is 0 Å². The summed E-state index contributed by atoms with van der Waals surface area (Å²) >= 11 is 0. The highest BCUT2D eigenvalue weighted by atomic mass is 16.6. The van der Waals surface area contributed by atoms with Gasteiger partial charge in [0.2, 0.25) is 0 Å². The first-order chi connectivity index (χ1) is 9.83. The Bertz CT molecular complexity index is 427. The molecule has 0 bridgehead atoms. The van der Waals surface area contributed by atoms with Gasteiger partial charge in [0.15, 0.2) is 0 Å². The number of rotatable bonds is 6. The zero-order valence-electron chi connectivity index (χ0n) is 12.2. The Labute approximate surface area is 121 Å². The number of nitrogens with zero attached hydrogens (tertiary/aromatic N) is 1. The first-order valence-electron chi connectivity index (χ1n) is 7.56. The van der Waals surface area contributed by atoms with Gasteiger partial charge in [-0.05, 0) is 24.1 Å². The molecule has 1 heterocycles. The van der Waals surface area contributed by atoms with E-state index in [4.69, 9.17) is 14.7 Å². The second-order valence-corrected chi connectivity index (χ2v) is 5.36. The van der Waals surface area contributed by atoms with Crippen LogP contribution in [0.3, 0.4) is 0 Å². The number of hydrogen-bond acceptors (Lipinski definition) is 3. The SMILES string of the molecule is CCCCCCC1COC(c2ccc(C#N)cc2)CO1. The summed E-state index contributed by atoms with van der Waals surface area (Å²) in [6.07, 6.45) is 6.44. The maximum atomic E-state index is 8.79. The topological polar surface area (TPSA) is 42.2 Å². The maximum absolute atomic E-state index is 8.79. The summed E-state index contributed by atoms with van der Waals surface area (Å²) in [4.78, 5) is 0. The Kier molecular flexibility index (Phi) is 6.04. The van der Waals surface area contributed by atoms with Gasteiger partial charge in [-0.2, -0.15) is 5.26 Å². The molecule has 0 amide bonds. The first kappa shape index (κ1) is 15.0. The van der Waals surface area contributed by atoms with Gasteiger partial charge in [0.25, 0.3) is 0 Å². The molecule has 3 nitrogen and oxygen atoms in total. The second kappa shape index (κ2) is 8.04. The van der Waals surface area contributed by atoms with Crippen LogP contribution >= 0.6 is 0 Å². The Morgan fingerprint density at radius 1 is 1.10 bits per heavy atom. The van der Waals surface area contributed by atoms with Gasteiger partial charge >= 0.3 is 0 Å². The van der Waals surface area contributed by atoms with Crippen LogP contribution in [0.1, 0.15) is 56.3 Å². The van der Waals surface area contributed by atoms with Crippen LogP contribution < -0.4 is 0 Å². The summed E-state index contributed by atoms with van der Waals surface area (Å²) in [5.74, 6) is 0. The molecule has 1 fully saturated rings. The summed E-state index contributed by atoms with van der Waals surface area (Å²) < 4.78 is 11.8. The molecular weight excluding hydrogens is 250 g/mol. The van der Waals surface area contributed by atoms with Gasteiger partial charge in [-0.3, -0.25) is 0 Å². The van der Waals surface area contributed by atoms with Crippen LogP contribution in [0.4, 0.5) is 0 Å². The summed E-state index contributed by atoms with van der Waals surface area (Å²) in [7, 11) is 0. The van der Waals surface area contributed by atoms with Crippen LogP contribution in [0.5, 0.6) is 0 Å². The highest BCUT2D eigenvalue weighted by molar-refractivity contribution is 5.32. The quantitative estimate of drug-likeness (QED) is 0.736. The van der Waals surface area contributed by atoms with Gasteiger partial charge in [-0.1, -0.05) is 44.7 Å². The number of hydrogen-bond donors (Lipinski definition) is 0. The zero-order valence-corrected chi connectivity index (χ0v) is 12.2. The molecule has 0 saturated carbocycles. The molecule has 1 aliphatic heterocycles. The Morgan fingerprint density at radius 2 is 1.90 bits per heavy atom. The van der Waals surface area contributed by atoms with E-state index in [0.29, 0.717) is 18.8 Å². The van der Waals surface area contributed by atoms with Crippen LogP contribution in [0, 0.1) is 11.3 Å². The standard InChI is InChI=1S/C17H23NO2/c1-2-3-4-5-6-16-12-20-17(13-19-16)15-9-7-14(11-18)8-10-15/h7-10,16-17H,2-6,12-13H2,1H3. The van der Waals surface area contributed by atoms with Gasteiger partial charge < -0.3 is 9.47 Å². The van der Waals surface area contributed by atoms with Crippen molar-refractivity contribution >= 4 is 0 Å². The molecule has 108 valence electrons. The minimum atomic E-state index is 0.00892. The first-order valence-corrected chi connectivity index (χ1v) is 7.56. The summed E-state index contributed by atoms with van der Waals surface area (Å²) in [6.45, 7) is 3.52. The molecule has 1 saturated heterocycles. The van der Waals surface area contributed by atoms with Crippen LogP contribution in [-0.2, 0) is 9.47 Å². The Balaban J connectivity index is 1.74. The molecule has 1 aromatic carbocycles. The van der Waals surface area contributed by atoms with E-state index >= 15 is 0 Å². The smallest absolute Gasteiger partial charge is 0.106 e. The lowest BCUT2D eigenvalue weighted by molar-refractivity contribution is -0.137. The molecule has 2 rings (SSSR count). The fourth-order valence-corrected chi connectivity index (χ4v) is 2.47. The Morgan fingerprint density at radius 3 is 2.50 bits per heavy atom. The van der Waals surface area contributed by atoms with Crippen molar-refractivity contribution in [3.8, 4) is 6.07 Å². The molecule has 20 heavy (non-hydrogen) atoms. The third-order valence-electron chi connectivity index (χ3n) is 3.76. The van der Waals surface area contributed by atoms with Crippen LogP contribution in [0.15, 0.2) is 24.3 Å². The molecule has 0 spiro atoms. The lowest BCUT2D eigenvalue weighted by atomic mass is 10.1. The van der Waals surface area contributed by atoms with Crippen LogP contribution in [-0.4, -0.2) is 19.3 Å². The van der Waals surface area contributed by atoms with Gasteiger partial charge in [0.05, 0.1) is 31.0 Å². The molecule has 0 N–H and O–H groups in total. The number of unbranched alkanes of at least 4 members (excludes halogenated alkanes) is 3. The number of benzene rings is 1. The van der Waals surface area contributed by atoms with E-state index in [0.717, 1.165) is 12.0 Å². The number of nitriles is 1. The minimum absolute atomic E-state index is 0.00892. The third-order valence-corrected chi connectivity index (χ3v) is 3.76. The molecule has 0 aromatic heterocycles. The maximum Gasteiger partial charge on any atom is 0.106 e. The predicted octanol–water partition coefficient (Wildman–Crippen LogP) is 3.99. The molecule has 2 atom stereocenters. The van der Waals surface area contributed by atoms with E-state index in [1.54, 1.807) is 0 Å². The van der Waals surface area contributed by atoms with Crippen molar-refractivity contribution in [2.24, 2.45) is 0 Å². The predicted molar refractivity (Wildman–Crippen MR) is 78.3 cm³/mol. The van der Waals surface area contributed by atoms with Crippen molar-refractivity contribution in [3.63, 3.8) is 0 Å². The molecule has 0 radical (unpaired) electrons. The van der Waals surface area contributed by atoms with E-state index in [2.05, 4.69) is 13.0 Å².